The highest BCUT2D eigenvalue weighted by Crippen LogP contribution is 2.56. The Hall–Kier alpha value is -2.51. The molecule has 0 unspecified atom stereocenters. The molecule has 4 heterocycles. The van der Waals surface area contributed by atoms with Crippen molar-refractivity contribution in [2.24, 2.45) is 5.41 Å². The van der Waals surface area contributed by atoms with E-state index in [9.17, 15) is 4.79 Å². The van der Waals surface area contributed by atoms with Crippen molar-refractivity contribution in [3.05, 3.63) is 41.6 Å². The fourth-order valence-corrected chi connectivity index (χ4v) is 5.56. The first-order valence-electron chi connectivity index (χ1n) is 9.49. The molecule has 0 spiro atoms. The van der Waals surface area contributed by atoms with Gasteiger partial charge in [0.05, 0.1) is 17.3 Å². The van der Waals surface area contributed by atoms with Crippen LogP contribution in [0.25, 0.3) is 16.6 Å². The van der Waals surface area contributed by atoms with Crippen molar-refractivity contribution in [1.82, 2.24) is 9.47 Å². The molecule has 3 aliphatic heterocycles. The molecule has 1 fully saturated rings. The van der Waals surface area contributed by atoms with Crippen LogP contribution in [0.15, 0.2) is 30.3 Å². The van der Waals surface area contributed by atoms with E-state index in [4.69, 9.17) is 5.11 Å². The molecule has 5 rings (SSSR count). The number of carbonyl (C=O) groups is 1. The highest BCUT2D eigenvalue weighted by atomic mass is 16.2. The fourth-order valence-electron chi connectivity index (χ4n) is 5.56. The first-order chi connectivity index (χ1) is 12.7. The van der Waals surface area contributed by atoms with Crippen LogP contribution in [0.3, 0.4) is 0 Å². The number of aliphatic hydroxyl groups excluding tert-OH is 1. The molecule has 0 amide bonds. The minimum absolute atomic E-state index is 0.0279. The third-order valence-electron chi connectivity index (χ3n) is 6.65. The SMILES string of the molecule is CC[C@@]12C=C(C(=O)C#CO)n3c4c(c5ccccc53)CCN(CCC1)[C@H]42. The Labute approximate surface area is 153 Å². The van der Waals surface area contributed by atoms with Gasteiger partial charge in [-0.05, 0) is 49.9 Å². The first kappa shape index (κ1) is 15.7. The molecule has 2 atom stereocenters. The van der Waals surface area contributed by atoms with Gasteiger partial charge in [0, 0.05) is 29.0 Å². The second-order valence-electron chi connectivity index (χ2n) is 7.69. The molecule has 1 N–H and O–H groups in total. The molecule has 26 heavy (non-hydrogen) atoms. The Morgan fingerprint density at radius 3 is 3.00 bits per heavy atom. The minimum atomic E-state index is -0.301. The zero-order valence-electron chi connectivity index (χ0n) is 15.0. The first-order valence-corrected chi connectivity index (χ1v) is 9.49. The van der Waals surface area contributed by atoms with Crippen molar-refractivity contribution < 1.29 is 9.90 Å². The van der Waals surface area contributed by atoms with Crippen molar-refractivity contribution in [2.45, 2.75) is 38.6 Å². The zero-order chi connectivity index (χ0) is 17.9. The topological polar surface area (TPSA) is 45.5 Å². The van der Waals surface area contributed by atoms with E-state index >= 15 is 0 Å². The van der Waals surface area contributed by atoms with Gasteiger partial charge in [-0.2, -0.15) is 0 Å². The van der Waals surface area contributed by atoms with E-state index in [-0.39, 0.29) is 11.2 Å². The van der Waals surface area contributed by atoms with Gasteiger partial charge in [-0.3, -0.25) is 9.69 Å². The summed E-state index contributed by atoms with van der Waals surface area (Å²) in [5, 5.41) is 10.3. The number of piperidine rings is 1. The molecule has 0 saturated carbocycles. The van der Waals surface area contributed by atoms with Gasteiger partial charge in [-0.1, -0.05) is 25.1 Å². The Morgan fingerprint density at radius 2 is 2.19 bits per heavy atom. The second kappa shape index (κ2) is 5.49. The number of ketones is 1. The smallest absolute Gasteiger partial charge is 0.255 e. The van der Waals surface area contributed by atoms with Gasteiger partial charge in [0.1, 0.15) is 6.11 Å². The van der Waals surface area contributed by atoms with Gasteiger partial charge in [0.15, 0.2) is 0 Å². The molecule has 0 radical (unpaired) electrons. The van der Waals surface area contributed by atoms with E-state index in [1.54, 1.807) is 0 Å². The lowest BCUT2D eigenvalue weighted by Gasteiger charge is -2.53. The quantitative estimate of drug-likeness (QED) is 0.847. The highest BCUT2D eigenvalue weighted by molar-refractivity contribution is 6.26. The normalized spacial score (nSPS) is 26.7. The summed E-state index contributed by atoms with van der Waals surface area (Å²) in [6.07, 6.45) is 8.25. The van der Waals surface area contributed by atoms with Gasteiger partial charge in [0.2, 0.25) is 0 Å². The Bertz CT molecular complexity index is 1020. The Balaban J connectivity index is 1.89. The van der Waals surface area contributed by atoms with Crippen LogP contribution in [-0.4, -0.2) is 33.4 Å². The molecular formula is C22H22N2O2. The number of hydrogen-bond acceptors (Lipinski definition) is 3. The predicted octanol–water partition coefficient (Wildman–Crippen LogP) is 3.49. The van der Waals surface area contributed by atoms with Crippen LogP contribution in [0.1, 0.15) is 43.5 Å². The third kappa shape index (κ3) is 1.87. The summed E-state index contributed by atoms with van der Waals surface area (Å²) >= 11 is 0. The third-order valence-corrected chi connectivity index (χ3v) is 6.65. The summed E-state index contributed by atoms with van der Waals surface area (Å²) in [4.78, 5) is 15.4. The predicted molar refractivity (Wildman–Crippen MR) is 101 cm³/mol. The molecular weight excluding hydrogens is 324 g/mol. The van der Waals surface area contributed by atoms with E-state index in [0.717, 1.165) is 44.3 Å². The lowest BCUT2D eigenvalue weighted by molar-refractivity contribution is -0.109. The molecule has 3 aliphatic rings. The Kier molecular flexibility index (Phi) is 3.32. The summed E-state index contributed by atoms with van der Waals surface area (Å²) < 4.78 is 2.13. The maximum Gasteiger partial charge on any atom is 0.255 e. The number of fused-ring (bicyclic) bond motifs is 3. The molecule has 4 heteroatoms. The van der Waals surface area contributed by atoms with Gasteiger partial charge in [-0.15, -0.1) is 0 Å². The molecule has 2 aromatic rings. The number of para-hydroxylation sites is 1. The monoisotopic (exact) mass is 346 g/mol. The van der Waals surface area contributed by atoms with Gasteiger partial charge in [0.25, 0.3) is 5.78 Å². The van der Waals surface area contributed by atoms with Crippen LogP contribution in [0.5, 0.6) is 0 Å². The standard InChI is InChI=1S/C22H22N2O2/c1-2-22-10-5-11-23-12-8-16-15-6-3-4-7-17(15)24(20(16)21(22)23)18(14-22)19(26)9-13-25/h3-4,6-7,14,21,25H,2,5,8,10-12H2,1H3/t21-,22+/m1/s1. The minimum Gasteiger partial charge on any atom is -0.462 e. The van der Waals surface area contributed by atoms with Crippen molar-refractivity contribution in [3.63, 3.8) is 0 Å². The number of allylic oxidation sites excluding steroid dienone is 1. The van der Waals surface area contributed by atoms with Gasteiger partial charge < -0.3 is 9.67 Å². The number of benzene rings is 1. The van der Waals surface area contributed by atoms with Crippen LogP contribution in [-0.2, 0) is 11.2 Å². The summed E-state index contributed by atoms with van der Waals surface area (Å²) in [6, 6.07) is 8.69. The number of aromatic nitrogens is 1. The summed E-state index contributed by atoms with van der Waals surface area (Å²) in [5.41, 5.74) is 4.33. The number of hydrogen-bond donors (Lipinski definition) is 1. The molecule has 0 bridgehead atoms. The summed E-state index contributed by atoms with van der Waals surface area (Å²) in [6.45, 7) is 4.44. The van der Waals surface area contributed by atoms with Crippen molar-refractivity contribution in [3.8, 4) is 12.0 Å². The average Bonchev–Trinajstić information content (AvgIpc) is 3.02. The number of nitrogens with zero attached hydrogens (tertiary/aromatic N) is 2. The van der Waals surface area contributed by atoms with Crippen molar-refractivity contribution in [1.29, 1.82) is 0 Å². The van der Waals surface area contributed by atoms with Crippen molar-refractivity contribution in [2.75, 3.05) is 13.1 Å². The summed E-state index contributed by atoms with van der Waals surface area (Å²) in [5.74, 6) is 2.06. The van der Waals surface area contributed by atoms with Crippen LogP contribution in [0.2, 0.25) is 0 Å². The molecule has 1 aromatic carbocycles. The van der Waals surface area contributed by atoms with E-state index < -0.39 is 0 Å². The lowest BCUT2D eigenvalue weighted by Crippen LogP contribution is -2.51. The molecule has 132 valence electrons. The van der Waals surface area contributed by atoms with E-state index in [1.165, 1.54) is 16.6 Å². The number of aliphatic hydroxyl groups is 1. The maximum atomic E-state index is 12.8. The Morgan fingerprint density at radius 1 is 1.35 bits per heavy atom. The van der Waals surface area contributed by atoms with Gasteiger partial charge in [-0.25, -0.2) is 0 Å². The molecule has 0 aliphatic carbocycles. The van der Waals surface area contributed by atoms with Crippen molar-refractivity contribution >= 4 is 22.4 Å². The maximum absolute atomic E-state index is 12.8. The summed E-state index contributed by atoms with van der Waals surface area (Å²) in [7, 11) is 0. The van der Waals surface area contributed by atoms with Crippen LogP contribution in [0.4, 0.5) is 0 Å². The number of rotatable bonds is 2. The van der Waals surface area contributed by atoms with Crippen LogP contribution >= 0.6 is 0 Å². The molecule has 1 aromatic heterocycles. The van der Waals surface area contributed by atoms with E-state index in [0.29, 0.717) is 11.7 Å². The zero-order valence-corrected chi connectivity index (χ0v) is 15.0. The lowest BCUT2D eigenvalue weighted by atomic mass is 9.66. The number of carbonyl (C=O) groups excluding carboxylic acids is 1. The van der Waals surface area contributed by atoms with Gasteiger partial charge >= 0.3 is 0 Å². The number of Topliss-reactive ketones (excluding diaryl/α,β-unsaturated/α-hetero) is 1. The fraction of sp³-hybridized carbons (Fsp3) is 0.409. The molecule has 1 saturated heterocycles. The van der Waals surface area contributed by atoms with Crippen LogP contribution in [0, 0.1) is 17.4 Å². The van der Waals surface area contributed by atoms with E-state index in [2.05, 4.69) is 46.6 Å². The largest absolute Gasteiger partial charge is 0.462 e. The second-order valence-corrected chi connectivity index (χ2v) is 7.69. The average molecular weight is 346 g/mol. The van der Waals surface area contributed by atoms with Crippen LogP contribution < -0.4 is 0 Å². The highest BCUT2D eigenvalue weighted by Gasteiger charge is 2.50. The van der Waals surface area contributed by atoms with E-state index in [1.807, 2.05) is 12.2 Å². The molecule has 4 nitrogen and oxygen atoms in total.